The summed E-state index contributed by atoms with van der Waals surface area (Å²) in [5, 5.41) is 0.452. The molecule has 3 N–H and O–H groups in total. The highest BCUT2D eigenvalue weighted by Crippen LogP contribution is 2.18. The first-order valence-corrected chi connectivity index (χ1v) is 5.20. The van der Waals surface area contributed by atoms with Crippen molar-refractivity contribution in [3.8, 4) is 5.75 Å². The molecular weight excluding hydrogens is 230 g/mol. The number of carbonyl (C=O) groups excluding carboxylic acids is 1. The molecule has 0 aliphatic heterocycles. The summed E-state index contributed by atoms with van der Waals surface area (Å²) >= 11 is 5.75. The highest BCUT2D eigenvalue weighted by Gasteiger charge is 2.23. The first-order chi connectivity index (χ1) is 7.54. The van der Waals surface area contributed by atoms with Crippen LogP contribution >= 0.6 is 11.6 Å². The number of ether oxygens (including phenoxy) is 1. The first-order valence-electron chi connectivity index (χ1n) is 4.82. The zero-order valence-electron chi connectivity index (χ0n) is 9.11. The highest BCUT2D eigenvalue weighted by atomic mass is 35.5. The number of rotatable bonds is 4. The van der Waals surface area contributed by atoms with Gasteiger partial charge in [0, 0.05) is 12.3 Å². The number of aromatic nitrogens is 1. The molecule has 0 bridgehead atoms. The van der Waals surface area contributed by atoms with Gasteiger partial charge in [0.05, 0.1) is 11.2 Å². The fourth-order valence-corrected chi connectivity index (χ4v) is 1.34. The summed E-state index contributed by atoms with van der Waals surface area (Å²) in [5.74, 6) is 5.12. The van der Waals surface area contributed by atoms with Crippen LogP contribution in [0, 0.1) is 5.92 Å². The summed E-state index contributed by atoms with van der Waals surface area (Å²) in [6.45, 7) is 3.72. The van der Waals surface area contributed by atoms with Gasteiger partial charge in [-0.15, -0.1) is 0 Å². The largest absolute Gasteiger partial charge is 0.479 e. The summed E-state index contributed by atoms with van der Waals surface area (Å²) in [7, 11) is 0. The second-order valence-corrected chi connectivity index (χ2v) is 4.07. The molecule has 1 amide bonds. The van der Waals surface area contributed by atoms with Crippen LogP contribution < -0.4 is 16.0 Å². The zero-order valence-corrected chi connectivity index (χ0v) is 9.86. The second-order valence-electron chi connectivity index (χ2n) is 3.63. The Morgan fingerprint density at radius 3 is 2.75 bits per heavy atom. The number of pyridine rings is 1. The molecule has 6 heteroatoms. The Bertz CT molecular complexity index is 371. The molecule has 0 aromatic carbocycles. The summed E-state index contributed by atoms with van der Waals surface area (Å²) in [4.78, 5) is 15.3. The third-order valence-corrected chi connectivity index (χ3v) is 2.16. The number of hydrogen-bond donors (Lipinski definition) is 2. The van der Waals surface area contributed by atoms with Gasteiger partial charge in [0.1, 0.15) is 5.75 Å². The average molecular weight is 244 g/mol. The molecule has 1 rings (SSSR count). The Balaban J connectivity index is 2.79. The normalized spacial score (nSPS) is 12.3. The summed E-state index contributed by atoms with van der Waals surface area (Å²) in [6, 6.07) is 1.59. The quantitative estimate of drug-likeness (QED) is 0.472. The van der Waals surface area contributed by atoms with Gasteiger partial charge < -0.3 is 4.74 Å². The maximum atomic E-state index is 11.4. The number of halogens is 1. The molecule has 1 aromatic heterocycles. The van der Waals surface area contributed by atoms with E-state index in [1.165, 1.54) is 12.4 Å². The van der Waals surface area contributed by atoms with E-state index < -0.39 is 6.10 Å². The lowest BCUT2D eigenvalue weighted by Gasteiger charge is -2.20. The number of hydrazine groups is 1. The van der Waals surface area contributed by atoms with E-state index in [-0.39, 0.29) is 11.8 Å². The van der Waals surface area contributed by atoms with Crippen LogP contribution in [-0.4, -0.2) is 17.0 Å². The van der Waals surface area contributed by atoms with Crippen LogP contribution in [0.4, 0.5) is 0 Å². The van der Waals surface area contributed by atoms with Crippen molar-refractivity contribution < 1.29 is 9.53 Å². The van der Waals surface area contributed by atoms with E-state index in [2.05, 4.69) is 10.4 Å². The van der Waals surface area contributed by atoms with Gasteiger partial charge in [-0.3, -0.25) is 15.2 Å². The SMILES string of the molecule is CC(C)C(Oc1cncc(Cl)c1)C(=O)NN. The maximum Gasteiger partial charge on any atom is 0.275 e. The van der Waals surface area contributed by atoms with Gasteiger partial charge in [-0.1, -0.05) is 25.4 Å². The van der Waals surface area contributed by atoms with Gasteiger partial charge in [0.15, 0.2) is 6.10 Å². The topological polar surface area (TPSA) is 77.2 Å². The molecule has 1 atom stereocenters. The van der Waals surface area contributed by atoms with Crippen LogP contribution in [0.25, 0.3) is 0 Å². The van der Waals surface area contributed by atoms with Gasteiger partial charge >= 0.3 is 0 Å². The molecule has 0 spiro atoms. The molecule has 1 unspecified atom stereocenters. The Morgan fingerprint density at radius 2 is 2.25 bits per heavy atom. The third-order valence-electron chi connectivity index (χ3n) is 1.95. The molecule has 1 aromatic rings. The highest BCUT2D eigenvalue weighted by molar-refractivity contribution is 6.30. The minimum Gasteiger partial charge on any atom is -0.479 e. The van der Waals surface area contributed by atoms with Crippen molar-refractivity contribution >= 4 is 17.5 Å². The Kier molecular flexibility index (Phi) is 4.52. The number of nitrogens with one attached hydrogen (secondary N) is 1. The van der Waals surface area contributed by atoms with Crippen molar-refractivity contribution in [2.75, 3.05) is 0 Å². The van der Waals surface area contributed by atoms with Crippen LogP contribution in [0.2, 0.25) is 5.02 Å². The zero-order chi connectivity index (χ0) is 12.1. The van der Waals surface area contributed by atoms with Crippen molar-refractivity contribution in [1.29, 1.82) is 0 Å². The van der Waals surface area contributed by atoms with E-state index in [1.54, 1.807) is 6.07 Å². The van der Waals surface area contributed by atoms with Gasteiger partial charge in [-0.2, -0.15) is 0 Å². The number of hydrogen-bond acceptors (Lipinski definition) is 4. The van der Waals surface area contributed by atoms with Gasteiger partial charge in [0.25, 0.3) is 5.91 Å². The monoisotopic (exact) mass is 243 g/mol. The molecular formula is C10H14ClN3O2. The van der Waals surface area contributed by atoms with Gasteiger partial charge in [0.2, 0.25) is 0 Å². The van der Waals surface area contributed by atoms with Crippen molar-refractivity contribution in [1.82, 2.24) is 10.4 Å². The molecule has 1 heterocycles. The van der Waals surface area contributed by atoms with Crippen LogP contribution in [-0.2, 0) is 4.79 Å². The van der Waals surface area contributed by atoms with Crippen LogP contribution in [0.5, 0.6) is 5.75 Å². The summed E-state index contributed by atoms with van der Waals surface area (Å²) < 4.78 is 5.47. The fourth-order valence-electron chi connectivity index (χ4n) is 1.18. The number of amides is 1. The van der Waals surface area contributed by atoms with E-state index in [0.29, 0.717) is 10.8 Å². The molecule has 5 nitrogen and oxygen atoms in total. The van der Waals surface area contributed by atoms with E-state index >= 15 is 0 Å². The number of carbonyl (C=O) groups is 1. The maximum absolute atomic E-state index is 11.4. The van der Waals surface area contributed by atoms with Gasteiger partial charge in [-0.25, -0.2) is 5.84 Å². The summed E-state index contributed by atoms with van der Waals surface area (Å²) in [5.41, 5.74) is 2.06. The molecule has 0 radical (unpaired) electrons. The lowest BCUT2D eigenvalue weighted by Crippen LogP contribution is -2.44. The molecule has 16 heavy (non-hydrogen) atoms. The Hall–Kier alpha value is -1.33. The van der Waals surface area contributed by atoms with Crippen LogP contribution in [0.3, 0.4) is 0 Å². The van der Waals surface area contributed by atoms with Crippen molar-refractivity contribution in [2.24, 2.45) is 11.8 Å². The second kappa shape index (κ2) is 5.67. The van der Waals surface area contributed by atoms with Crippen LogP contribution in [0.15, 0.2) is 18.5 Å². The molecule has 0 aliphatic carbocycles. The van der Waals surface area contributed by atoms with Gasteiger partial charge in [-0.05, 0) is 5.92 Å². The first kappa shape index (κ1) is 12.7. The van der Waals surface area contributed by atoms with Crippen molar-refractivity contribution in [3.63, 3.8) is 0 Å². The molecule has 0 fully saturated rings. The Labute approximate surface area is 98.9 Å². The predicted molar refractivity (Wildman–Crippen MR) is 60.8 cm³/mol. The standard InChI is InChI=1S/C10H14ClN3O2/c1-6(2)9(10(15)14-12)16-8-3-7(11)4-13-5-8/h3-6,9H,12H2,1-2H3,(H,14,15). The fraction of sp³-hybridized carbons (Fsp3) is 0.400. The van der Waals surface area contributed by atoms with Crippen molar-refractivity contribution in [3.05, 3.63) is 23.5 Å². The van der Waals surface area contributed by atoms with E-state index in [9.17, 15) is 4.79 Å². The van der Waals surface area contributed by atoms with Crippen LogP contribution in [0.1, 0.15) is 13.8 Å². The molecule has 0 saturated carbocycles. The molecule has 88 valence electrons. The predicted octanol–water partition coefficient (Wildman–Crippen LogP) is 1.13. The summed E-state index contributed by atoms with van der Waals surface area (Å²) in [6.07, 6.45) is 2.32. The van der Waals surface area contributed by atoms with E-state index in [0.717, 1.165) is 0 Å². The smallest absolute Gasteiger partial charge is 0.275 e. The molecule has 0 saturated heterocycles. The minimum absolute atomic E-state index is 0.0115. The van der Waals surface area contributed by atoms with E-state index in [4.69, 9.17) is 22.2 Å². The lowest BCUT2D eigenvalue weighted by atomic mass is 10.1. The Morgan fingerprint density at radius 1 is 1.56 bits per heavy atom. The third kappa shape index (κ3) is 3.36. The number of nitrogens with two attached hydrogens (primary N) is 1. The van der Waals surface area contributed by atoms with E-state index in [1.807, 2.05) is 13.8 Å². The number of nitrogens with zero attached hydrogens (tertiary/aromatic N) is 1. The lowest BCUT2D eigenvalue weighted by molar-refractivity contribution is -0.129. The average Bonchev–Trinajstić information content (AvgIpc) is 2.24. The minimum atomic E-state index is -0.662. The molecule has 0 aliphatic rings. The van der Waals surface area contributed by atoms with Crippen molar-refractivity contribution in [2.45, 2.75) is 20.0 Å².